The normalized spacial score (nSPS) is 19.7. The van der Waals surface area contributed by atoms with Gasteiger partial charge in [0.05, 0.1) is 26.0 Å². The number of pyridine rings is 1. The van der Waals surface area contributed by atoms with E-state index in [-0.39, 0.29) is 12.3 Å². The molecule has 0 fully saturated rings. The predicted octanol–water partition coefficient (Wildman–Crippen LogP) is 4.34. The number of rotatable bonds is 4. The molecule has 0 aliphatic carbocycles. The summed E-state index contributed by atoms with van der Waals surface area (Å²) in [6, 6.07) is 18.0. The van der Waals surface area contributed by atoms with Gasteiger partial charge in [0.25, 0.3) is 0 Å². The first-order valence-corrected chi connectivity index (χ1v) is 9.51. The van der Waals surface area contributed by atoms with Crippen LogP contribution in [0.25, 0.3) is 0 Å². The van der Waals surface area contributed by atoms with Crippen molar-refractivity contribution in [3.8, 4) is 17.2 Å². The molecule has 29 heavy (non-hydrogen) atoms. The van der Waals surface area contributed by atoms with Crippen LogP contribution in [0.2, 0.25) is 0 Å². The van der Waals surface area contributed by atoms with Crippen molar-refractivity contribution in [2.24, 2.45) is 5.10 Å². The summed E-state index contributed by atoms with van der Waals surface area (Å²) in [6.07, 6.45) is 4.04. The molecule has 3 heterocycles. The third-order valence-corrected chi connectivity index (χ3v) is 5.41. The van der Waals surface area contributed by atoms with E-state index < -0.39 is 0 Å². The van der Waals surface area contributed by atoms with Gasteiger partial charge in [-0.15, -0.1) is 0 Å². The maximum Gasteiger partial charge on any atom is 0.213 e. The maximum atomic E-state index is 6.37. The molecule has 0 amide bonds. The van der Waals surface area contributed by atoms with E-state index in [9.17, 15) is 0 Å². The first-order valence-electron chi connectivity index (χ1n) is 9.51. The number of methoxy groups -OCH3 is 2. The van der Waals surface area contributed by atoms with E-state index >= 15 is 0 Å². The fourth-order valence-electron chi connectivity index (χ4n) is 3.90. The SMILES string of the molecule is COc1ccc(C2=NN3C(C2)c2cc(OC)ccc2OC3c2ccncc2)cc1. The summed E-state index contributed by atoms with van der Waals surface area (Å²) in [6.45, 7) is 0. The Hall–Kier alpha value is -3.54. The van der Waals surface area contributed by atoms with Crippen molar-refractivity contribution in [2.75, 3.05) is 14.2 Å². The lowest BCUT2D eigenvalue weighted by Crippen LogP contribution is -2.33. The average Bonchev–Trinajstić information content (AvgIpc) is 3.24. The van der Waals surface area contributed by atoms with Crippen LogP contribution in [-0.4, -0.2) is 29.9 Å². The molecule has 0 saturated heterocycles. The Morgan fingerprint density at radius 3 is 2.38 bits per heavy atom. The van der Waals surface area contributed by atoms with Crippen LogP contribution in [-0.2, 0) is 0 Å². The van der Waals surface area contributed by atoms with Gasteiger partial charge < -0.3 is 14.2 Å². The van der Waals surface area contributed by atoms with Gasteiger partial charge in [-0.25, -0.2) is 5.01 Å². The molecule has 0 radical (unpaired) electrons. The zero-order chi connectivity index (χ0) is 19.8. The molecule has 2 aliphatic heterocycles. The van der Waals surface area contributed by atoms with Crippen molar-refractivity contribution in [3.63, 3.8) is 0 Å². The van der Waals surface area contributed by atoms with Crippen molar-refractivity contribution in [1.82, 2.24) is 9.99 Å². The first-order chi connectivity index (χ1) is 14.3. The molecule has 0 spiro atoms. The highest BCUT2D eigenvalue weighted by Gasteiger charge is 2.41. The number of hydrazone groups is 1. The fraction of sp³-hybridized carbons (Fsp3) is 0.217. The van der Waals surface area contributed by atoms with Crippen molar-refractivity contribution in [1.29, 1.82) is 0 Å². The molecule has 2 aromatic carbocycles. The summed E-state index contributed by atoms with van der Waals surface area (Å²) in [4.78, 5) is 4.13. The minimum atomic E-state index is -0.306. The Bertz CT molecular complexity index is 1050. The maximum absolute atomic E-state index is 6.37. The zero-order valence-corrected chi connectivity index (χ0v) is 16.3. The van der Waals surface area contributed by atoms with Crippen LogP contribution in [0.3, 0.4) is 0 Å². The standard InChI is InChI=1S/C23H21N3O3/c1-27-17-5-3-15(4-6-17)20-14-21-19-13-18(28-2)7-8-22(19)29-23(26(21)25-20)16-9-11-24-12-10-16/h3-13,21,23H,14H2,1-2H3. The molecule has 146 valence electrons. The predicted molar refractivity (Wildman–Crippen MR) is 109 cm³/mol. The third kappa shape index (κ3) is 3.06. The number of hydrogen-bond acceptors (Lipinski definition) is 6. The first kappa shape index (κ1) is 17.6. The fourth-order valence-corrected chi connectivity index (χ4v) is 3.90. The van der Waals surface area contributed by atoms with Gasteiger partial charge in [0, 0.05) is 29.9 Å². The largest absolute Gasteiger partial charge is 0.497 e. The van der Waals surface area contributed by atoms with E-state index in [4.69, 9.17) is 19.3 Å². The molecule has 6 nitrogen and oxygen atoms in total. The topological polar surface area (TPSA) is 56.2 Å². The second-order valence-electron chi connectivity index (χ2n) is 7.03. The Balaban J connectivity index is 1.57. The number of benzene rings is 2. The van der Waals surface area contributed by atoms with Crippen molar-refractivity contribution in [3.05, 3.63) is 83.7 Å². The molecule has 0 saturated carbocycles. The van der Waals surface area contributed by atoms with Crippen molar-refractivity contribution < 1.29 is 14.2 Å². The molecular weight excluding hydrogens is 366 g/mol. The average molecular weight is 387 g/mol. The van der Waals surface area contributed by atoms with Gasteiger partial charge in [0.2, 0.25) is 6.23 Å². The monoisotopic (exact) mass is 387 g/mol. The molecular formula is C23H21N3O3. The zero-order valence-electron chi connectivity index (χ0n) is 16.3. The Morgan fingerprint density at radius 2 is 1.66 bits per heavy atom. The molecule has 2 aliphatic rings. The van der Waals surface area contributed by atoms with Crippen LogP contribution in [0, 0.1) is 0 Å². The Kier molecular flexibility index (Phi) is 4.31. The number of nitrogens with zero attached hydrogens (tertiary/aromatic N) is 3. The summed E-state index contributed by atoms with van der Waals surface area (Å²) in [7, 11) is 3.35. The number of ether oxygens (including phenoxy) is 3. The molecule has 3 aromatic rings. The second-order valence-corrected chi connectivity index (χ2v) is 7.03. The van der Waals surface area contributed by atoms with Crippen LogP contribution in [0.4, 0.5) is 0 Å². The van der Waals surface area contributed by atoms with Crippen LogP contribution < -0.4 is 14.2 Å². The van der Waals surface area contributed by atoms with Gasteiger partial charge >= 0.3 is 0 Å². The smallest absolute Gasteiger partial charge is 0.213 e. The van der Waals surface area contributed by atoms with Gasteiger partial charge in [-0.3, -0.25) is 4.98 Å². The second kappa shape index (κ2) is 7.13. The molecule has 5 rings (SSSR count). The lowest BCUT2D eigenvalue weighted by Gasteiger charge is -2.38. The van der Waals surface area contributed by atoms with E-state index in [1.54, 1.807) is 26.6 Å². The summed E-state index contributed by atoms with van der Waals surface area (Å²) >= 11 is 0. The van der Waals surface area contributed by atoms with Crippen molar-refractivity contribution >= 4 is 5.71 Å². The molecule has 0 bridgehead atoms. The van der Waals surface area contributed by atoms with E-state index in [1.807, 2.05) is 54.6 Å². The van der Waals surface area contributed by atoms with Gasteiger partial charge in [-0.2, -0.15) is 5.10 Å². The Labute approximate surface area is 169 Å². The minimum absolute atomic E-state index is 0.0733. The van der Waals surface area contributed by atoms with E-state index in [1.165, 1.54) is 0 Å². The van der Waals surface area contributed by atoms with Gasteiger partial charge in [-0.05, 0) is 60.2 Å². The summed E-state index contributed by atoms with van der Waals surface area (Å²) < 4.78 is 17.1. The molecule has 0 N–H and O–H groups in total. The summed E-state index contributed by atoms with van der Waals surface area (Å²) in [5.74, 6) is 2.51. The highest BCUT2D eigenvalue weighted by Crippen LogP contribution is 2.48. The number of hydrogen-bond donors (Lipinski definition) is 0. The Morgan fingerprint density at radius 1 is 0.931 bits per heavy atom. The summed E-state index contributed by atoms with van der Waals surface area (Å²) in [5.41, 5.74) is 4.21. The molecule has 2 atom stereocenters. The van der Waals surface area contributed by atoms with Crippen molar-refractivity contribution in [2.45, 2.75) is 18.7 Å². The number of fused-ring (bicyclic) bond motifs is 3. The highest BCUT2D eigenvalue weighted by molar-refractivity contribution is 6.02. The minimum Gasteiger partial charge on any atom is -0.497 e. The number of aromatic nitrogens is 1. The van der Waals surface area contributed by atoms with Crippen LogP contribution >= 0.6 is 0 Å². The van der Waals surface area contributed by atoms with Gasteiger partial charge in [-0.1, -0.05) is 0 Å². The van der Waals surface area contributed by atoms with Gasteiger partial charge in [0.1, 0.15) is 17.2 Å². The molecule has 1 aromatic heterocycles. The third-order valence-electron chi connectivity index (χ3n) is 5.41. The lowest BCUT2D eigenvalue weighted by molar-refractivity contribution is -0.0192. The van der Waals surface area contributed by atoms with Crippen LogP contribution in [0.15, 0.2) is 72.1 Å². The van der Waals surface area contributed by atoms with E-state index in [0.29, 0.717) is 0 Å². The van der Waals surface area contributed by atoms with Crippen LogP contribution in [0.5, 0.6) is 17.2 Å². The van der Waals surface area contributed by atoms with E-state index in [2.05, 4.69) is 9.99 Å². The summed E-state index contributed by atoms with van der Waals surface area (Å²) in [5, 5.41) is 7.02. The van der Waals surface area contributed by atoms with E-state index in [0.717, 1.165) is 46.1 Å². The van der Waals surface area contributed by atoms with Gasteiger partial charge in [0.15, 0.2) is 0 Å². The van der Waals surface area contributed by atoms with Crippen LogP contribution in [0.1, 0.15) is 35.4 Å². The molecule has 2 unspecified atom stereocenters. The lowest BCUT2D eigenvalue weighted by atomic mass is 9.95. The quantitative estimate of drug-likeness (QED) is 0.667. The molecule has 6 heteroatoms. The highest BCUT2D eigenvalue weighted by atomic mass is 16.5.